The lowest BCUT2D eigenvalue weighted by atomic mass is 10.1. The lowest BCUT2D eigenvalue weighted by molar-refractivity contribution is -0.671. The van der Waals surface area contributed by atoms with Gasteiger partial charge in [0.15, 0.2) is 6.20 Å². The van der Waals surface area contributed by atoms with Crippen LogP contribution in [-0.4, -0.2) is 25.5 Å². The number of rotatable bonds is 5. The van der Waals surface area contributed by atoms with Gasteiger partial charge < -0.3 is 10.2 Å². The summed E-state index contributed by atoms with van der Waals surface area (Å²) in [5, 5.41) is 6.00. The third-order valence-corrected chi connectivity index (χ3v) is 5.63. The van der Waals surface area contributed by atoms with Gasteiger partial charge in [-0.05, 0) is 43.9 Å². The highest BCUT2D eigenvalue weighted by molar-refractivity contribution is 8.03. The van der Waals surface area contributed by atoms with Gasteiger partial charge in [-0.3, -0.25) is 0 Å². The molecule has 1 aliphatic rings. The van der Waals surface area contributed by atoms with Crippen molar-refractivity contribution in [1.29, 1.82) is 0 Å². The van der Waals surface area contributed by atoms with Crippen molar-refractivity contribution in [3.05, 3.63) is 71.4 Å². The second-order valence-corrected chi connectivity index (χ2v) is 7.95. The molecule has 0 amide bonds. The van der Waals surface area contributed by atoms with E-state index in [1.165, 1.54) is 32.1 Å². The van der Waals surface area contributed by atoms with E-state index in [4.69, 9.17) is 0 Å². The molecule has 0 saturated heterocycles. The van der Waals surface area contributed by atoms with E-state index in [-0.39, 0.29) is 0 Å². The zero-order valence-corrected chi connectivity index (χ0v) is 16.1. The van der Waals surface area contributed by atoms with Gasteiger partial charge in [0.25, 0.3) is 0 Å². The first-order valence-corrected chi connectivity index (χ1v) is 9.84. The quantitative estimate of drug-likeness (QED) is 0.670. The summed E-state index contributed by atoms with van der Waals surface area (Å²) in [6, 6.07) is 19.4. The molecule has 4 heteroatoms. The van der Waals surface area contributed by atoms with Crippen molar-refractivity contribution in [1.82, 2.24) is 4.90 Å². The Labute approximate surface area is 159 Å². The Kier molecular flexibility index (Phi) is 4.96. The maximum atomic E-state index is 3.52. The molecule has 3 nitrogen and oxygen atoms in total. The highest BCUT2D eigenvalue weighted by atomic mass is 32.2. The van der Waals surface area contributed by atoms with Crippen LogP contribution in [0.1, 0.15) is 12.0 Å². The maximum Gasteiger partial charge on any atom is 0.213 e. The van der Waals surface area contributed by atoms with Gasteiger partial charge in [0.05, 0.1) is 16.1 Å². The minimum atomic E-state index is 1.04. The van der Waals surface area contributed by atoms with Gasteiger partial charge in [0, 0.05) is 30.0 Å². The summed E-state index contributed by atoms with van der Waals surface area (Å²) in [6.07, 6.45) is 5.63. The zero-order valence-electron chi connectivity index (χ0n) is 15.3. The van der Waals surface area contributed by atoms with Crippen LogP contribution in [0.25, 0.3) is 17.0 Å². The van der Waals surface area contributed by atoms with Crippen molar-refractivity contribution >= 4 is 34.4 Å². The summed E-state index contributed by atoms with van der Waals surface area (Å²) in [5.41, 5.74) is 3.75. The summed E-state index contributed by atoms with van der Waals surface area (Å²) in [4.78, 5) is 3.53. The van der Waals surface area contributed by atoms with Crippen LogP contribution in [0.15, 0.2) is 70.7 Å². The van der Waals surface area contributed by atoms with Crippen molar-refractivity contribution < 1.29 is 4.57 Å². The van der Waals surface area contributed by atoms with Gasteiger partial charge in [-0.15, -0.1) is 0 Å². The Morgan fingerprint density at radius 1 is 1.04 bits per heavy atom. The molecule has 0 unspecified atom stereocenters. The number of anilines is 1. The van der Waals surface area contributed by atoms with Gasteiger partial charge in [0.2, 0.25) is 5.52 Å². The average molecular weight is 363 g/mol. The fraction of sp³-hybridized carbons (Fsp3) is 0.227. The predicted molar refractivity (Wildman–Crippen MR) is 111 cm³/mol. The van der Waals surface area contributed by atoms with E-state index in [0.717, 1.165) is 19.5 Å². The number of para-hydroxylation sites is 2. The Balaban J connectivity index is 1.64. The topological polar surface area (TPSA) is 19.1 Å². The standard InChI is InChI=1S/C22H23N3S/c1-24(2)13-7-14-25-15-12-17(18-8-3-5-10-20(18)25)16-22-23-19-9-4-6-11-21(19)26-22/h3-6,8-12,15-16H,7,13-14H2,1-2H3/p+1. The van der Waals surface area contributed by atoms with Crippen LogP contribution in [0.4, 0.5) is 5.69 Å². The Hall–Kier alpha value is -2.30. The first-order valence-electron chi connectivity index (χ1n) is 9.02. The zero-order chi connectivity index (χ0) is 17.9. The molecule has 1 aromatic heterocycles. The highest BCUT2D eigenvalue weighted by Crippen LogP contribution is 2.41. The van der Waals surface area contributed by atoms with Gasteiger partial charge >= 0.3 is 0 Å². The number of thioether (sulfide) groups is 1. The second-order valence-electron chi connectivity index (χ2n) is 6.87. The Morgan fingerprint density at radius 3 is 2.69 bits per heavy atom. The van der Waals surface area contributed by atoms with E-state index in [0.29, 0.717) is 0 Å². The molecule has 2 heterocycles. The fourth-order valence-corrected chi connectivity index (χ4v) is 4.29. The van der Waals surface area contributed by atoms with Crippen LogP contribution in [0.2, 0.25) is 0 Å². The third-order valence-electron chi connectivity index (χ3n) is 4.61. The van der Waals surface area contributed by atoms with Gasteiger partial charge in [-0.2, -0.15) is 4.57 Å². The minimum Gasteiger partial charge on any atom is -0.349 e. The maximum absolute atomic E-state index is 3.52. The largest absolute Gasteiger partial charge is 0.349 e. The Morgan fingerprint density at radius 2 is 1.85 bits per heavy atom. The fourth-order valence-electron chi connectivity index (χ4n) is 3.33. The van der Waals surface area contributed by atoms with E-state index in [9.17, 15) is 0 Å². The average Bonchev–Trinajstić information content (AvgIpc) is 3.05. The second kappa shape index (κ2) is 7.52. The molecule has 0 spiro atoms. The van der Waals surface area contributed by atoms with E-state index < -0.39 is 0 Å². The van der Waals surface area contributed by atoms with Gasteiger partial charge in [0.1, 0.15) is 6.54 Å². The molecule has 26 heavy (non-hydrogen) atoms. The SMILES string of the molecule is CN(C)CCC[n+]1ccc(/C=C2/Nc3ccccc3S2)c2ccccc21. The third kappa shape index (κ3) is 3.62. The van der Waals surface area contributed by atoms with E-state index in [1.54, 1.807) is 11.8 Å². The van der Waals surface area contributed by atoms with Crippen LogP contribution in [0.5, 0.6) is 0 Å². The molecule has 2 aromatic carbocycles. The molecule has 1 N–H and O–H groups in total. The number of hydrogen-bond acceptors (Lipinski definition) is 3. The Bertz CT molecular complexity index is 936. The van der Waals surface area contributed by atoms with Crippen molar-refractivity contribution in [3.8, 4) is 0 Å². The molecule has 0 fully saturated rings. The monoisotopic (exact) mass is 362 g/mol. The molecule has 1 aliphatic heterocycles. The van der Waals surface area contributed by atoms with Crippen molar-refractivity contribution in [2.24, 2.45) is 0 Å². The van der Waals surface area contributed by atoms with E-state index >= 15 is 0 Å². The number of benzene rings is 2. The van der Waals surface area contributed by atoms with Crippen molar-refractivity contribution in [2.75, 3.05) is 26.0 Å². The molecule has 0 radical (unpaired) electrons. The molecular weight excluding hydrogens is 338 g/mol. The number of hydrogen-bond donors (Lipinski definition) is 1. The molecule has 0 bridgehead atoms. The first-order chi connectivity index (χ1) is 12.7. The number of aryl methyl sites for hydroxylation is 1. The van der Waals surface area contributed by atoms with Crippen LogP contribution in [0, 0.1) is 0 Å². The smallest absolute Gasteiger partial charge is 0.213 e. The van der Waals surface area contributed by atoms with E-state index in [1.807, 2.05) is 0 Å². The van der Waals surface area contributed by atoms with Crippen molar-refractivity contribution in [2.45, 2.75) is 17.9 Å². The first kappa shape index (κ1) is 17.1. The molecule has 0 aliphatic carbocycles. The molecule has 0 atom stereocenters. The van der Waals surface area contributed by atoms with E-state index in [2.05, 4.69) is 95.7 Å². The van der Waals surface area contributed by atoms with Gasteiger partial charge in [-0.1, -0.05) is 36.0 Å². The summed E-state index contributed by atoms with van der Waals surface area (Å²) >= 11 is 1.80. The van der Waals surface area contributed by atoms with Crippen LogP contribution >= 0.6 is 11.8 Å². The number of fused-ring (bicyclic) bond motifs is 2. The molecule has 3 aromatic rings. The lowest BCUT2D eigenvalue weighted by Gasteiger charge is -2.09. The number of nitrogens with one attached hydrogen (secondary N) is 1. The summed E-state index contributed by atoms with van der Waals surface area (Å²) in [6.45, 7) is 2.14. The molecule has 0 saturated carbocycles. The summed E-state index contributed by atoms with van der Waals surface area (Å²) in [5.74, 6) is 0. The predicted octanol–water partition coefficient (Wildman–Crippen LogP) is 4.60. The number of nitrogens with zero attached hydrogens (tertiary/aromatic N) is 2. The van der Waals surface area contributed by atoms with Crippen LogP contribution in [-0.2, 0) is 6.54 Å². The molecule has 4 rings (SSSR count). The van der Waals surface area contributed by atoms with Gasteiger partial charge in [-0.25, -0.2) is 0 Å². The highest BCUT2D eigenvalue weighted by Gasteiger charge is 2.16. The number of pyridine rings is 1. The normalized spacial score (nSPS) is 14.8. The molecule has 132 valence electrons. The summed E-state index contributed by atoms with van der Waals surface area (Å²) in [7, 11) is 4.25. The summed E-state index contributed by atoms with van der Waals surface area (Å²) < 4.78 is 2.37. The molecular formula is C22H24N3S+. The lowest BCUT2D eigenvalue weighted by Crippen LogP contribution is -2.35. The van der Waals surface area contributed by atoms with Crippen molar-refractivity contribution in [3.63, 3.8) is 0 Å². The van der Waals surface area contributed by atoms with Crippen LogP contribution in [0.3, 0.4) is 0 Å². The number of aromatic nitrogens is 1. The minimum absolute atomic E-state index is 1.04. The van der Waals surface area contributed by atoms with Crippen LogP contribution < -0.4 is 9.88 Å².